The summed E-state index contributed by atoms with van der Waals surface area (Å²) in [6.45, 7) is 2.48. The maximum absolute atomic E-state index is 12.8. The van der Waals surface area contributed by atoms with Gasteiger partial charge in [0.05, 0.1) is 0 Å². The molecule has 1 saturated heterocycles. The normalized spacial score (nSPS) is 21.4. The molecule has 21 heavy (non-hydrogen) atoms. The molecule has 0 aromatic heterocycles. The third-order valence-electron chi connectivity index (χ3n) is 4.47. The summed E-state index contributed by atoms with van der Waals surface area (Å²) in [7, 11) is 4.17. The summed E-state index contributed by atoms with van der Waals surface area (Å²) < 4.78 is 25.7. The summed E-state index contributed by atoms with van der Waals surface area (Å²) in [4.78, 5) is 4.55. The molecule has 118 valence electrons. The van der Waals surface area contributed by atoms with Gasteiger partial charge in [0.2, 0.25) is 0 Å². The van der Waals surface area contributed by atoms with Crippen LogP contribution in [0.25, 0.3) is 0 Å². The monoisotopic (exact) mass is 297 g/mol. The van der Waals surface area contributed by atoms with Crippen LogP contribution in [0.1, 0.15) is 36.4 Å². The molecule has 5 heteroatoms. The number of rotatable bonds is 6. The van der Waals surface area contributed by atoms with Crippen LogP contribution in [0.5, 0.6) is 0 Å². The zero-order valence-corrected chi connectivity index (χ0v) is 12.8. The Morgan fingerprint density at radius 1 is 1.38 bits per heavy atom. The SMILES string of the molecule is CN1CCCC1CN(C)C(CN)c1cccc(C(F)F)c1. The van der Waals surface area contributed by atoms with E-state index in [-0.39, 0.29) is 11.6 Å². The average Bonchev–Trinajstić information content (AvgIpc) is 2.85. The summed E-state index contributed by atoms with van der Waals surface area (Å²) in [6, 6.07) is 7.14. The highest BCUT2D eigenvalue weighted by Gasteiger charge is 2.25. The lowest BCUT2D eigenvalue weighted by molar-refractivity contribution is 0.150. The Morgan fingerprint density at radius 3 is 2.67 bits per heavy atom. The van der Waals surface area contributed by atoms with Crippen molar-refractivity contribution in [2.45, 2.75) is 31.4 Å². The van der Waals surface area contributed by atoms with Gasteiger partial charge in [-0.15, -0.1) is 0 Å². The van der Waals surface area contributed by atoms with Gasteiger partial charge in [0.15, 0.2) is 0 Å². The standard InChI is InChI=1S/C16H25F2N3/c1-20-8-4-7-14(20)11-21(2)15(10-19)12-5-3-6-13(9-12)16(17)18/h3,5-6,9,14-16H,4,7-8,10-11,19H2,1-2H3. The Labute approximate surface area is 125 Å². The predicted molar refractivity (Wildman–Crippen MR) is 81.5 cm³/mol. The van der Waals surface area contributed by atoms with E-state index < -0.39 is 6.43 Å². The third-order valence-corrected chi connectivity index (χ3v) is 4.47. The first-order valence-electron chi connectivity index (χ1n) is 7.51. The Hall–Kier alpha value is -1.04. The van der Waals surface area contributed by atoms with E-state index >= 15 is 0 Å². The lowest BCUT2D eigenvalue weighted by atomic mass is 10.0. The molecule has 2 atom stereocenters. The van der Waals surface area contributed by atoms with Crippen molar-refractivity contribution in [1.82, 2.24) is 9.80 Å². The van der Waals surface area contributed by atoms with Crippen LogP contribution in [-0.2, 0) is 0 Å². The molecule has 0 aliphatic carbocycles. The summed E-state index contributed by atoms with van der Waals surface area (Å²) in [5.41, 5.74) is 6.84. The van der Waals surface area contributed by atoms with E-state index in [2.05, 4.69) is 16.8 Å². The van der Waals surface area contributed by atoms with Gasteiger partial charge in [0.25, 0.3) is 6.43 Å². The quantitative estimate of drug-likeness (QED) is 0.876. The zero-order chi connectivity index (χ0) is 15.4. The minimum Gasteiger partial charge on any atom is -0.329 e. The van der Waals surface area contributed by atoms with E-state index in [1.165, 1.54) is 18.9 Å². The van der Waals surface area contributed by atoms with Crippen LogP contribution < -0.4 is 5.73 Å². The van der Waals surface area contributed by atoms with Crippen LogP contribution in [0.15, 0.2) is 24.3 Å². The van der Waals surface area contributed by atoms with Crippen LogP contribution in [0, 0.1) is 0 Å². The number of alkyl halides is 2. The largest absolute Gasteiger partial charge is 0.329 e. The number of hydrogen-bond acceptors (Lipinski definition) is 3. The van der Waals surface area contributed by atoms with Gasteiger partial charge in [-0.2, -0.15) is 0 Å². The Bertz CT molecular complexity index is 453. The molecule has 1 aromatic carbocycles. The van der Waals surface area contributed by atoms with Crippen molar-refractivity contribution in [3.05, 3.63) is 35.4 Å². The molecular weight excluding hydrogens is 272 g/mol. The van der Waals surface area contributed by atoms with Crippen molar-refractivity contribution >= 4 is 0 Å². The highest BCUT2D eigenvalue weighted by atomic mass is 19.3. The zero-order valence-electron chi connectivity index (χ0n) is 12.8. The molecule has 0 spiro atoms. The van der Waals surface area contributed by atoms with Crippen LogP contribution in [0.2, 0.25) is 0 Å². The van der Waals surface area contributed by atoms with Crippen molar-refractivity contribution in [1.29, 1.82) is 0 Å². The van der Waals surface area contributed by atoms with E-state index in [0.717, 1.165) is 18.7 Å². The molecule has 0 saturated carbocycles. The Kier molecular flexibility index (Phi) is 5.67. The molecule has 0 radical (unpaired) electrons. The van der Waals surface area contributed by atoms with Gasteiger partial charge in [0, 0.05) is 30.7 Å². The molecule has 1 aliphatic heterocycles. The van der Waals surface area contributed by atoms with Crippen LogP contribution >= 0.6 is 0 Å². The van der Waals surface area contributed by atoms with Gasteiger partial charge in [0.1, 0.15) is 0 Å². The molecule has 2 unspecified atom stereocenters. The number of halogens is 2. The molecule has 0 bridgehead atoms. The number of nitrogens with two attached hydrogens (primary N) is 1. The fraction of sp³-hybridized carbons (Fsp3) is 0.625. The van der Waals surface area contributed by atoms with E-state index in [9.17, 15) is 8.78 Å². The smallest absolute Gasteiger partial charge is 0.263 e. The fourth-order valence-electron chi connectivity index (χ4n) is 3.14. The van der Waals surface area contributed by atoms with Crippen molar-refractivity contribution in [2.24, 2.45) is 5.73 Å². The Balaban J connectivity index is 2.09. The van der Waals surface area contributed by atoms with Crippen LogP contribution in [0.3, 0.4) is 0 Å². The van der Waals surface area contributed by atoms with Gasteiger partial charge < -0.3 is 10.6 Å². The second kappa shape index (κ2) is 7.29. The Morgan fingerprint density at radius 2 is 2.10 bits per heavy atom. The maximum Gasteiger partial charge on any atom is 0.263 e. The van der Waals surface area contributed by atoms with Gasteiger partial charge in [-0.05, 0) is 45.1 Å². The number of hydrogen-bond donors (Lipinski definition) is 1. The number of likely N-dealkylation sites (N-methyl/N-ethyl adjacent to an activating group) is 2. The summed E-state index contributed by atoms with van der Waals surface area (Å²) in [6.07, 6.45) is -0.0205. The molecule has 2 rings (SSSR count). The van der Waals surface area contributed by atoms with Crippen molar-refractivity contribution in [2.75, 3.05) is 33.7 Å². The van der Waals surface area contributed by atoms with E-state index in [1.807, 2.05) is 13.1 Å². The number of benzene rings is 1. The van der Waals surface area contributed by atoms with Gasteiger partial charge in [-0.25, -0.2) is 8.78 Å². The van der Waals surface area contributed by atoms with Crippen LogP contribution in [-0.4, -0.2) is 49.6 Å². The van der Waals surface area contributed by atoms with Gasteiger partial charge >= 0.3 is 0 Å². The lowest BCUT2D eigenvalue weighted by Gasteiger charge is -2.32. The molecule has 2 N–H and O–H groups in total. The van der Waals surface area contributed by atoms with E-state index in [0.29, 0.717) is 12.6 Å². The summed E-state index contributed by atoms with van der Waals surface area (Å²) in [5.74, 6) is 0. The first kappa shape index (κ1) is 16.3. The van der Waals surface area contributed by atoms with Crippen LogP contribution in [0.4, 0.5) is 8.78 Å². The molecule has 3 nitrogen and oxygen atoms in total. The van der Waals surface area contributed by atoms with E-state index in [1.54, 1.807) is 12.1 Å². The molecule has 0 amide bonds. The molecule has 1 aromatic rings. The first-order chi connectivity index (χ1) is 10.0. The second-order valence-corrected chi connectivity index (χ2v) is 5.94. The van der Waals surface area contributed by atoms with E-state index in [4.69, 9.17) is 5.73 Å². The van der Waals surface area contributed by atoms with Gasteiger partial charge in [-0.3, -0.25) is 4.90 Å². The maximum atomic E-state index is 12.8. The minimum absolute atomic E-state index is 0.0160. The average molecular weight is 297 g/mol. The number of nitrogens with zero attached hydrogens (tertiary/aromatic N) is 2. The highest BCUT2D eigenvalue weighted by Crippen LogP contribution is 2.26. The summed E-state index contributed by atoms with van der Waals surface area (Å²) >= 11 is 0. The third kappa shape index (κ3) is 3.99. The topological polar surface area (TPSA) is 32.5 Å². The number of likely N-dealkylation sites (tertiary alicyclic amines) is 1. The molecule has 1 heterocycles. The van der Waals surface area contributed by atoms with Gasteiger partial charge in [-0.1, -0.05) is 18.2 Å². The molecule has 1 fully saturated rings. The fourth-order valence-corrected chi connectivity index (χ4v) is 3.14. The minimum atomic E-state index is -2.44. The van der Waals surface area contributed by atoms with Crippen molar-refractivity contribution < 1.29 is 8.78 Å². The molecule has 1 aliphatic rings. The first-order valence-corrected chi connectivity index (χ1v) is 7.51. The highest BCUT2D eigenvalue weighted by molar-refractivity contribution is 5.27. The lowest BCUT2D eigenvalue weighted by Crippen LogP contribution is -2.40. The molecular formula is C16H25F2N3. The van der Waals surface area contributed by atoms with Crippen molar-refractivity contribution in [3.8, 4) is 0 Å². The van der Waals surface area contributed by atoms with Crippen molar-refractivity contribution in [3.63, 3.8) is 0 Å². The summed E-state index contributed by atoms with van der Waals surface area (Å²) in [5, 5.41) is 0. The predicted octanol–water partition coefficient (Wildman–Crippen LogP) is 2.65. The second-order valence-electron chi connectivity index (χ2n) is 5.94.